The van der Waals surface area contributed by atoms with Crippen molar-refractivity contribution in [3.63, 3.8) is 0 Å². The summed E-state index contributed by atoms with van der Waals surface area (Å²) in [7, 11) is 4.91. The molecule has 1 aliphatic rings. The topological polar surface area (TPSA) is 26.8 Å². The van der Waals surface area contributed by atoms with Crippen LogP contribution in [-0.2, 0) is 18.0 Å². The third kappa shape index (κ3) is 5.56. The maximum Gasteiger partial charge on any atom is 0.416 e. The highest BCUT2D eigenvalue weighted by molar-refractivity contribution is 5.76. The van der Waals surface area contributed by atoms with Crippen molar-refractivity contribution in [2.75, 3.05) is 27.7 Å². The molecule has 4 nitrogen and oxygen atoms in total. The number of halogens is 7. The van der Waals surface area contributed by atoms with Crippen molar-refractivity contribution in [2.24, 2.45) is 0 Å². The summed E-state index contributed by atoms with van der Waals surface area (Å²) in [5.41, 5.74) is -2.82. The van der Waals surface area contributed by atoms with E-state index in [2.05, 4.69) is 0 Å². The lowest BCUT2D eigenvalue weighted by Crippen LogP contribution is -2.62. The van der Waals surface area contributed by atoms with Crippen LogP contribution in [0.3, 0.4) is 0 Å². The second-order valence-corrected chi connectivity index (χ2v) is 9.69. The number of nitrogens with zero attached hydrogens (tertiary/aromatic N) is 3. The number of hydrogen-bond acceptors (Lipinski definition) is 2. The van der Waals surface area contributed by atoms with E-state index in [0.717, 1.165) is 11.3 Å². The summed E-state index contributed by atoms with van der Waals surface area (Å²) in [6.45, 7) is 3.42. The standard InChI is InChI=1S/C26H30F7N3O/c1-16-12-21(27)8-9-22(16)24(34(3)4)10-6-7-11-36(24)23(37)35(5)17(2)18-13-19(25(28,29)30)15-20(14-18)26(31,32)33/h8-9,12-15,17H,6-7,10-11H2,1-5H3/t17-,24-/m1/s1. The summed E-state index contributed by atoms with van der Waals surface area (Å²) in [4.78, 5) is 18.4. The zero-order valence-corrected chi connectivity index (χ0v) is 21.3. The maximum absolute atomic E-state index is 13.9. The van der Waals surface area contributed by atoms with Gasteiger partial charge in [0.1, 0.15) is 11.5 Å². The van der Waals surface area contributed by atoms with E-state index in [1.54, 1.807) is 32.0 Å². The van der Waals surface area contributed by atoms with Gasteiger partial charge in [-0.15, -0.1) is 0 Å². The van der Waals surface area contributed by atoms with Gasteiger partial charge in [-0.3, -0.25) is 4.90 Å². The van der Waals surface area contributed by atoms with Crippen molar-refractivity contribution >= 4 is 6.03 Å². The van der Waals surface area contributed by atoms with Crippen LogP contribution in [0.25, 0.3) is 0 Å². The molecule has 1 aliphatic heterocycles. The third-order valence-electron chi connectivity index (χ3n) is 7.17. The molecule has 0 aliphatic carbocycles. The van der Waals surface area contributed by atoms with E-state index in [1.807, 2.05) is 4.90 Å². The average Bonchev–Trinajstić information content (AvgIpc) is 2.81. The molecule has 204 valence electrons. The molecule has 11 heteroatoms. The zero-order valence-electron chi connectivity index (χ0n) is 21.3. The Bertz CT molecular complexity index is 1110. The molecule has 1 fully saturated rings. The monoisotopic (exact) mass is 533 g/mol. The Balaban J connectivity index is 2.06. The van der Waals surface area contributed by atoms with Gasteiger partial charge >= 0.3 is 18.4 Å². The molecule has 2 atom stereocenters. The highest BCUT2D eigenvalue weighted by Gasteiger charge is 2.47. The quantitative estimate of drug-likeness (QED) is 0.389. The first-order valence-corrected chi connectivity index (χ1v) is 11.8. The number of hydrogen-bond donors (Lipinski definition) is 0. The Kier molecular flexibility index (Phi) is 7.89. The normalized spacial score (nSPS) is 19.8. The van der Waals surface area contributed by atoms with E-state index in [0.29, 0.717) is 42.6 Å². The van der Waals surface area contributed by atoms with Gasteiger partial charge in [-0.25, -0.2) is 9.18 Å². The van der Waals surface area contributed by atoms with E-state index >= 15 is 0 Å². The molecule has 1 heterocycles. The van der Waals surface area contributed by atoms with Crippen molar-refractivity contribution < 1.29 is 35.5 Å². The Hall–Kier alpha value is -2.82. The van der Waals surface area contributed by atoms with Crippen molar-refractivity contribution in [2.45, 2.75) is 57.2 Å². The number of aryl methyl sites for hydroxylation is 1. The number of carbonyl (C=O) groups excluding carboxylic acids is 1. The molecular formula is C26H30F7N3O. The van der Waals surface area contributed by atoms with Gasteiger partial charge in [-0.2, -0.15) is 26.3 Å². The number of piperidine rings is 1. The molecule has 2 amide bonds. The average molecular weight is 534 g/mol. The van der Waals surface area contributed by atoms with Crippen LogP contribution in [0.1, 0.15) is 60.0 Å². The first kappa shape index (κ1) is 28.7. The molecule has 0 radical (unpaired) electrons. The van der Waals surface area contributed by atoms with Crippen molar-refractivity contribution in [1.82, 2.24) is 14.7 Å². The Labute approximate surface area is 211 Å². The van der Waals surface area contributed by atoms with E-state index in [9.17, 15) is 35.5 Å². The summed E-state index contributed by atoms with van der Waals surface area (Å²) in [6, 6.07) is 3.97. The van der Waals surface area contributed by atoms with Crippen LogP contribution in [0.4, 0.5) is 35.5 Å². The molecule has 3 rings (SSSR count). The van der Waals surface area contributed by atoms with E-state index in [-0.39, 0.29) is 11.6 Å². The van der Waals surface area contributed by atoms with E-state index < -0.39 is 47.0 Å². The molecule has 0 N–H and O–H groups in total. The van der Waals surface area contributed by atoms with Gasteiger partial charge in [-0.1, -0.05) is 6.07 Å². The van der Waals surface area contributed by atoms with Crippen LogP contribution in [0.15, 0.2) is 36.4 Å². The fraction of sp³-hybridized carbons (Fsp3) is 0.500. The zero-order chi connectivity index (χ0) is 27.9. The van der Waals surface area contributed by atoms with Crippen LogP contribution >= 0.6 is 0 Å². The lowest BCUT2D eigenvalue weighted by Gasteiger charge is -2.53. The van der Waals surface area contributed by atoms with Crippen LogP contribution in [0, 0.1) is 12.7 Å². The van der Waals surface area contributed by atoms with Crippen LogP contribution in [0.5, 0.6) is 0 Å². The molecule has 37 heavy (non-hydrogen) atoms. The first-order valence-electron chi connectivity index (χ1n) is 11.8. The third-order valence-corrected chi connectivity index (χ3v) is 7.17. The molecule has 1 saturated heterocycles. The molecule has 0 bridgehead atoms. The fourth-order valence-corrected chi connectivity index (χ4v) is 5.08. The predicted molar refractivity (Wildman–Crippen MR) is 125 cm³/mol. The van der Waals surface area contributed by atoms with Gasteiger partial charge in [0.15, 0.2) is 0 Å². The number of benzene rings is 2. The highest BCUT2D eigenvalue weighted by atomic mass is 19.4. The number of rotatable bonds is 4. The number of likely N-dealkylation sites (tertiary alicyclic amines) is 1. The number of urea groups is 1. The molecule has 0 spiro atoms. The Morgan fingerprint density at radius 2 is 1.51 bits per heavy atom. The van der Waals surface area contributed by atoms with E-state index in [1.165, 1.54) is 26.1 Å². The molecule has 2 aromatic carbocycles. The molecule has 0 saturated carbocycles. The van der Waals surface area contributed by atoms with Gasteiger partial charge in [0.05, 0.1) is 17.2 Å². The minimum atomic E-state index is -4.99. The summed E-state index contributed by atoms with van der Waals surface area (Å²) in [6.07, 6.45) is -8.05. The second kappa shape index (κ2) is 10.2. The Morgan fingerprint density at radius 3 is 2.00 bits per heavy atom. The summed E-state index contributed by atoms with van der Waals surface area (Å²) >= 11 is 0. The minimum Gasteiger partial charge on any atom is -0.321 e. The van der Waals surface area contributed by atoms with Crippen molar-refractivity contribution in [3.8, 4) is 0 Å². The number of alkyl halides is 6. The first-order chi connectivity index (χ1) is 17.0. The fourth-order valence-electron chi connectivity index (χ4n) is 5.08. The van der Waals surface area contributed by atoms with Gasteiger partial charge < -0.3 is 9.80 Å². The maximum atomic E-state index is 13.9. The minimum absolute atomic E-state index is 0.0665. The van der Waals surface area contributed by atoms with Gasteiger partial charge in [0, 0.05) is 13.6 Å². The molecule has 2 aromatic rings. The lowest BCUT2D eigenvalue weighted by molar-refractivity contribution is -0.143. The summed E-state index contributed by atoms with van der Waals surface area (Å²) < 4.78 is 94.3. The van der Waals surface area contributed by atoms with Crippen molar-refractivity contribution in [1.29, 1.82) is 0 Å². The van der Waals surface area contributed by atoms with Gasteiger partial charge in [-0.05, 0) is 94.2 Å². The molecule has 0 aromatic heterocycles. The highest BCUT2D eigenvalue weighted by Crippen LogP contribution is 2.43. The van der Waals surface area contributed by atoms with Gasteiger partial charge in [0.25, 0.3) is 0 Å². The second-order valence-electron chi connectivity index (χ2n) is 9.69. The van der Waals surface area contributed by atoms with E-state index in [4.69, 9.17) is 0 Å². The number of carbonyl (C=O) groups is 1. The van der Waals surface area contributed by atoms with Gasteiger partial charge in [0.2, 0.25) is 0 Å². The molecular weight excluding hydrogens is 503 g/mol. The van der Waals surface area contributed by atoms with Crippen molar-refractivity contribution in [3.05, 3.63) is 70.0 Å². The lowest BCUT2D eigenvalue weighted by atomic mass is 9.84. The largest absolute Gasteiger partial charge is 0.416 e. The number of amides is 2. The van der Waals surface area contributed by atoms with Crippen LogP contribution in [-0.4, -0.2) is 48.4 Å². The Morgan fingerprint density at radius 1 is 0.946 bits per heavy atom. The predicted octanol–water partition coefficient (Wildman–Crippen LogP) is 7.19. The SMILES string of the molecule is Cc1cc(F)ccc1[C@@]1(N(C)C)CCCCN1C(=O)N(C)[C@H](C)c1cc(C(F)(F)F)cc(C(F)(F)F)c1. The van der Waals surface area contributed by atoms with Crippen LogP contribution in [0.2, 0.25) is 0 Å². The van der Waals surface area contributed by atoms with Crippen LogP contribution < -0.4 is 0 Å². The summed E-state index contributed by atoms with van der Waals surface area (Å²) in [5, 5.41) is 0. The smallest absolute Gasteiger partial charge is 0.321 e. The summed E-state index contributed by atoms with van der Waals surface area (Å²) in [5.74, 6) is -0.431. The molecule has 0 unspecified atom stereocenters.